The van der Waals surface area contributed by atoms with Gasteiger partial charge in [0.05, 0.1) is 18.9 Å². The standard InChI is InChI=1S/C11H15N5O4/c12-11(13)15(20-16(17)18)10-3-1-9(2-4-10)14-5-7-19-8-6-14/h1-4H,5-8H2,(H3,12,13). The highest BCUT2D eigenvalue weighted by Crippen LogP contribution is 2.21. The molecular weight excluding hydrogens is 266 g/mol. The summed E-state index contributed by atoms with van der Waals surface area (Å²) in [5, 5.41) is 17.3. The maximum Gasteiger partial charge on any atom is 0.317 e. The second-order valence-corrected chi connectivity index (χ2v) is 4.10. The van der Waals surface area contributed by atoms with Crippen molar-refractivity contribution in [1.29, 1.82) is 5.41 Å². The van der Waals surface area contributed by atoms with E-state index in [0.29, 0.717) is 24.0 Å². The summed E-state index contributed by atoms with van der Waals surface area (Å²) in [6.45, 7) is 2.93. The molecule has 1 saturated heterocycles. The Morgan fingerprint density at radius 2 is 2.00 bits per heavy atom. The minimum Gasteiger partial charge on any atom is -0.378 e. The number of benzene rings is 1. The van der Waals surface area contributed by atoms with Gasteiger partial charge < -0.3 is 15.4 Å². The zero-order valence-corrected chi connectivity index (χ0v) is 10.7. The molecule has 1 fully saturated rings. The quantitative estimate of drug-likeness (QED) is 0.353. The molecule has 1 aromatic carbocycles. The van der Waals surface area contributed by atoms with Gasteiger partial charge in [-0.3, -0.25) is 5.41 Å². The Bertz CT molecular complexity index is 486. The first-order chi connectivity index (χ1) is 9.58. The molecule has 0 amide bonds. The van der Waals surface area contributed by atoms with Gasteiger partial charge in [0, 0.05) is 18.8 Å². The molecule has 1 aliphatic heterocycles. The van der Waals surface area contributed by atoms with Crippen molar-refractivity contribution in [2.75, 3.05) is 36.3 Å². The average Bonchev–Trinajstić information content (AvgIpc) is 2.45. The number of nitrogens with one attached hydrogen (secondary N) is 1. The van der Waals surface area contributed by atoms with E-state index in [-0.39, 0.29) is 0 Å². The molecule has 0 aliphatic carbocycles. The van der Waals surface area contributed by atoms with Crippen LogP contribution in [0.2, 0.25) is 0 Å². The number of ether oxygens (including phenoxy) is 1. The highest BCUT2D eigenvalue weighted by Gasteiger charge is 2.16. The second kappa shape index (κ2) is 6.06. The van der Waals surface area contributed by atoms with Crippen LogP contribution in [0.5, 0.6) is 0 Å². The molecule has 9 heteroatoms. The molecule has 9 nitrogen and oxygen atoms in total. The van der Waals surface area contributed by atoms with Gasteiger partial charge >= 0.3 is 5.09 Å². The second-order valence-electron chi connectivity index (χ2n) is 4.10. The van der Waals surface area contributed by atoms with Gasteiger partial charge in [0.1, 0.15) is 0 Å². The fraction of sp³-hybridized carbons (Fsp3) is 0.364. The van der Waals surface area contributed by atoms with Crippen molar-refractivity contribution in [3.63, 3.8) is 0 Å². The first-order valence-electron chi connectivity index (χ1n) is 5.97. The van der Waals surface area contributed by atoms with Crippen LogP contribution in [0.4, 0.5) is 11.4 Å². The summed E-state index contributed by atoms with van der Waals surface area (Å²) < 4.78 is 5.27. The highest BCUT2D eigenvalue weighted by molar-refractivity contribution is 5.90. The van der Waals surface area contributed by atoms with Crippen molar-refractivity contribution in [2.24, 2.45) is 5.73 Å². The van der Waals surface area contributed by atoms with Gasteiger partial charge in [-0.25, -0.2) is 0 Å². The fourth-order valence-electron chi connectivity index (χ4n) is 1.92. The third kappa shape index (κ3) is 3.26. The number of hydrogen-bond donors (Lipinski definition) is 2. The number of hydrogen-bond acceptors (Lipinski definition) is 6. The van der Waals surface area contributed by atoms with Crippen molar-refractivity contribution < 1.29 is 14.8 Å². The van der Waals surface area contributed by atoms with Crippen LogP contribution in [0.3, 0.4) is 0 Å². The summed E-state index contributed by atoms with van der Waals surface area (Å²) in [4.78, 5) is 16.8. The molecule has 1 aliphatic rings. The lowest BCUT2D eigenvalue weighted by Gasteiger charge is -2.29. The summed E-state index contributed by atoms with van der Waals surface area (Å²) in [6, 6.07) is 6.80. The topological polar surface area (TPSA) is 118 Å². The summed E-state index contributed by atoms with van der Waals surface area (Å²) in [6.07, 6.45) is 0. The summed E-state index contributed by atoms with van der Waals surface area (Å²) >= 11 is 0. The predicted octanol–water partition coefficient (Wildman–Crippen LogP) is 0.346. The van der Waals surface area contributed by atoms with Crippen LogP contribution >= 0.6 is 0 Å². The van der Waals surface area contributed by atoms with Crippen molar-refractivity contribution in [3.8, 4) is 0 Å². The van der Waals surface area contributed by atoms with E-state index in [0.717, 1.165) is 18.8 Å². The van der Waals surface area contributed by atoms with Crippen LogP contribution in [0.1, 0.15) is 0 Å². The minimum absolute atomic E-state index is 0.311. The van der Waals surface area contributed by atoms with Gasteiger partial charge in [-0.05, 0) is 24.3 Å². The molecule has 0 saturated carbocycles. The summed E-state index contributed by atoms with van der Waals surface area (Å²) in [7, 11) is 0. The number of morpholine rings is 1. The van der Waals surface area contributed by atoms with E-state index < -0.39 is 11.0 Å². The van der Waals surface area contributed by atoms with Crippen molar-refractivity contribution in [2.45, 2.75) is 0 Å². The zero-order chi connectivity index (χ0) is 14.5. The number of hydroxylamine groups is 1. The Balaban J connectivity index is 2.12. The van der Waals surface area contributed by atoms with Crippen LogP contribution in [-0.4, -0.2) is 37.3 Å². The van der Waals surface area contributed by atoms with Crippen LogP contribution in [0.15, 0.2) is 24.3 Å². The normalized spacial score (nSPS) is 14.7. The molecule has 20 heavy (non-hydrogen) atoms. The maximum absolute atomic E-state index is 10.4. The van der Waals surface area contributed by atoms with Crippen molar-refractivity contribution in [1.82, 2.24) is 0 Å². The molecule has 1 heterocycles. The van der Waals surface area contributed by atoms with E-state index in [1.54, 1.807) is 24.3 Å². The molecule has 108 valence electrons. The smallest absolute Gasteiger partial charge is 0.317 e. The van der Waals surface area contributed by atoms with Crippen molar-refractivity contribution in [3.05, 3.63) is 34.4 Å². The summed E-state index contributed by atoms with van der Waals surface area (Å²) in [5.41, 5.74) is 6.54. The zero-order valence-electron chi connectivity index (χ0n) is 10.7. The Morgan fingerprint density at radius 1 is 1.40 bits per heavy atom. The van der Waals surface area contributed by atoms with E-state index in [4.69, 9.17) is 15.9 Å². The lowest BCUT2D eigenvalue weighted by atomic mass is 10.2. The number of anilines is 2. The Labute approximate surface area is 115 Å². The van der Waals surface area contributed by atoms with Crippen LogP contribution < -0.4 is 15.7 Å². The third-order valence-corrected chi connectivity index (χ3v) is 2.83. The first kappa shape index (κ1) is 13.9. The lowest BCUT2D eigenvalue weighted by Crippen LogP contribution is -2.38. The van der Waals surface area contributed by atoms with E-state index >= 15 is 0 Å². The average molecular weight is 281 g/mol. The molecular formula is C11H15N5O4. The molecule has 0 bridgehead atoms. The molecule has 1 aromatic rings. The van der Waals surface area contributed by atoms with Gasteiger partial charge in [0.2, 0.25) is 5.96 Å². The number of guanidine groups is 1. The van der Waals surface area contributed by atoms with E-state index in [1.807, 2.05) is 0 Å². The maximum atomic E-state index is 10.4. The Hall–Kier alpha value is -2.55. The number of nitrogens with two attached hydrogens (primary N) is 1. The Kier molecular flexibility index (Phi) is 4.20. The van der Waals surface area contributed by atoms with E-state index in [1.165, 1.54) is 0 Å². The fourth-order valence-corrected chi connectivity index (χ4v) is 1.92. The molecule has 0 atom stereocenters. The lowest BCUT2D eigenvalue weighted by molar-refractivity contribution is -0.758. The van der Waals surface area contributed by atoms with E-state index in [9.17, 15) is 10.1 Å². The molecule has 3 N–H and O–H groups in total. The van der Waals surface area contributed by atoms with Gasteiger partial charge in [-0.15, -0.1) is 15.2 Å². The predicted molar refractivity (Wildman–Crippen MR) is 71.9 cm³/mol. The molecule has 0 unspecified atom stereocenters. The van der Waals surface area contributed by atoms with Gasteiger partial charge in [0.15, 0.2) is 0 Å². The highest BCUT2D eigenvalue weighted by atomic mass is 17.0. The molecule has 0 spiro atoms. The first-order valence-corrected chi connectivity index (χ1v) is 5.97. The molecule has 2 rings (SSSR count). The molecule has 0 aromatic heterocycles. The number of rotatable bonds is 4. The SMILES string of the molecule is N=C(N)N(O[N+](=O)[O-])c1ccc(N2CCOCC2)cc1. The van der Waals surface area contributed by atoms with E-state index in [2.05, 4.69) is 9.84 Å². The largest absolute Gasteiger partial charge is 0.378 e. The van der Waals surface area contributed by atoms with Gasteiger partial charge in [-0.1, -0.05) is 0 Å². The van der Waals surface area contributed by atoms with Crippen molar-refractivity contribution >= 4 is 17.3 Å². The van der Waals surface area contributed by atoms with Crippen LogP contribution in [0, 0.1) is 15.5 Å². The van der Waals surface area contributed by atoms with Crippen LogP contribution in [0.25, 0.3) is 0 Å². The summed E-state index contributed by atoms with van der Waals surface area (Å²) in [5.74, 6) is -0.569. The van der Waals surface area contributed by atoms with Gasteiger partial charge in [-0.2, -0.15) is 4.94 Å². The van der Waals surface area contributed by atoms with Crippen LogP contribution in [-0.2, 0) is 9.68 Å². The third-order valence-electron chi connectivity index (χ3n) is 2.83. The van der Waals surface area contributed by atoms with Gasteiger partial charge in [0.25, 0.3) is 0 Å². The molecule has 0 radical (unpaired) electrons. The minimum atomic E-state index is -1.02. The monoisotopic (exact) mass is 281 g/mol. The Morgan fingerprint density at radius 3 is 2.50 bits per heavy atom. The number of nitrogens with zero attached hydrogens (tertiary/aromatic N) is 3.